The van der Waals surface area contributed by atoms with E-state index >= 15 is 0 Å². The van der Waals surface area contributed by atoms with E-state index in [1.54, 1.807) is 24.3 Å². The van der Waals surface area contributed by atoms with Crippen molar-refractivity contribution in [1.82, 2.24) is 10.1 Å². The molecule has 3 aromatic carbocycles. The Hall–Kier alpha value is -3.72. The van der Waals surface area contributed by atoms with E-state index in [1.807, 2.05) is 30.3 Å². The summed E-state index contributed by atoms with van der Waals surface area (Å²) in [4.78, 5) is 4.15. The van der Waals surface area contributed by atoms with Gasteiger partial charge in [0.1, 0.15) is 0 Å². The normalized spacial score (nSPS) is 11.3. The zero-order valence-corrected chi connectivity index (χ0v) is 16.6. The standard InChI is InChI=1S/C21H16FN3O4S/c1-28-19-12-11-17(13-18(19)22)30(26,27)25-16-9-7-15(8-10-16)21-23-20(24-29-21)14-5-3-2-4-6-14/h2-13,25H,1H3. The van der Waals surface area contributed by atoms with Gasteiger partial charge in [-0.3, -0.25) is 4.72 Å². The van der Waals surface area contributed by atoms with Crippen molar-refractivity contribution in [2.75, 3.05) is 11.8 Å². The maximum atomic E-state index is 13.8. The lowest BCUT2D eigenvalue weighted by Gasteiger charge is -2.09. The molecule has 0 radical (unpaired) electrons. The van der Waals surface area contributed by atoms with Crippen molar-refractivity contribution >= 4 is 15.7 Å². The zero-order valence-electron chi connectivity index (χ0n) is 15.7. The number of hydrogen-bond acceptors (Lipinski definition) is 6. The van der Waals surface area contributed by atoms with Gasteiger partial charge in [-0.15, -0.1) is 0 Å². The first kappa shape index (κ1) is 19.6. The molecule has 152 valence electrons. The Kier molecular flexibility index (Phi) is 5.20. The summed E-state index contributed by atoms with van der Waals surface area (Å²) in [6, 6.07) is 19.2. The maximum Gasteiger partial charge on any atom is 0.262 e. The fourth-order valence-electron chi connectivity index (χ4n) is 2.75. The fourth-order valence-corrected chi connectivity index (χ4v) is 3.82. The molecule has 0 aliphatic heterocycles. The van der Waals surface area contributed by atoms with E-state index in [2.05, 4.69) is 14.9 Å². The molecule has 1 heterocycles. The predicted molar refractivity (Wildman–Crippen MR) is 109 cm³/mol. The van der Waals surface area contributed by atoms with Gasteiger partial charge in [0, 0.05) is 16.8 Å². The van der Waals surface area contributed by atoms with E-state index < -0.39 is 15.8 Å². The van der Waals surface area contributed by atoms with Crippen LogP contribution in [0.2, 0.25) is 0 Å². The van der Waals surface area contributed by atoms with Crippen LogP contribution in [0.15, 0.2) is 82.2 Å². The third-order valence-corrected chi connectivity index (χ3v) is 5.65. The molecule has 0 saturated heterocycles. The minimum atomic E-state index is -3.97. The zero-order chi connectivity index (χ0) is 21.1. The Morgan fingerprint density at radius 1 is 0.967 bits per heavy atom. The molecule has 0 atom stereocenters. The first-order valence-electron chi connectivity index (χ1n) is 8.82. The number of anilines is 1. The van der Waals surface area contributed by atoms with Crippen molar-refractivity contribution in [2.45, 2.75) is 4.90 Å². The number of aromatic nitrogens is 2. The summed E-state index contributed by atoms with van der Waals surface area (Å²) in [5.74, 6) is -0.0357. The number of benzene rings is 3. The van der Waals surface area contributed by atoms with Gasteiger partial charge in [0.2, 0.25) is 5.82 Å². The SMILES string of the molecule is COc1ccc(S(=O)(=O)Nc2ccc(-c3nc(-c4ccccc4)no3)cc2)cc1F. The Morgan fingerprint density at radius 3 is 2.37 bits per heavy atom. The van der Waals surface area contributed by atoms with Crippen molar-refractivity contribution in [3.63, 3.8) is 0 Å². The van der Waals surface area contributed by atoms with E-state index in [0.29, 0.717) is 23.0 Å². The summed E-state index contributed by atoms with van der Waals surface area (Å²) >= 11 is 0. The Bertz CT molecular complexity index is 1270. The Balaban J connectivity index is 1.53. The number of halogens is 1. The smallest absolute Gasteiger partial charge is 0.262 e. The predicted octanol–water partition coefficient (Wildman–Crippen LogP) is 4.35. The molecule has 0 fully saturated rings. The second kappa shape index (κ2) is 7.96. The molecule has 4 aromatic rings. The van der Waals surface area contributed by atoms with Crippen LogP contribution in [0.25, 0.3) is 22.8 Å². The highest BCUT2D eigenvalue weighted by atomic mass is 32.2. The average Bonchev–Trinajstić information content (AvgIpc) is 3.25. The van der Waals surface area contributed by atoms with Crippen molar-refractivity contribution in [2.24, 2.45) is 0 Å². The van der Waals surface area contributed by atoms with Gasteiger partial charge in [-0.1, -0.05) is 35.5 Å². The summed E-state index contributed by atoms with van der Waals surface area (Å²) in [5, 5.41) is 3.96. The van der Waals surface area contributed by atoms with Gasteiger partial charge in [0.05, 0.1) is 12.0 Å². The van der Waals surface area contributed by atoms with Crippen molar-refractivity contribution in [3.8, 4) is 28.6 Å². The number of nitrogens with zero attached hydrogens (tertiary/aromatic N) is 2. The third-order valence-electron chi connectivity index (χ3n) is 4.28. The van der Waals surface area contributed by atoms with Crippen LogP contribution in [-0.2, 0) is 10.0 Å². The van der Waals surface area contributed by atoms with Crippen LogP contribution < -0.4 is 9.46 Å². The van der Waals surface area contributed by atoms with Crippen LogP contribution >= 0.6 is 0 Å². The minimum absolute atomic E-state index is 0.0345. The van der Waals surface area contributed by atoms with Crippen LogP contribution in [0, 0.1) is 5.82 Å². The first-order valence-corrected chi connectivity index (χ1v) is 10.3. The number of ether oxygens (including phenoxy) is 1. The van der Waals surface area contributed by atoms with E-state index in [1.165, 1.54) is 19.2 Å². The van der Waals surface area contributed by atoms with E-state index in [4.69, 9.17) is 9.26 Å². The summed E-state index contributed by atoms with van der Waals surface area (Å²) < 4.78 is 51.4. The second-order valence-electron chi connectivity index (χ2n) is 6.27. The molecule has 0 saturated carbocycles. The van der Waals surface area contributed by atoms with E-state index in [9.17, 15) is 12.8 Å². The average molecular weight is 425 g/mol. The third kappa shape index (κ3) is 4.01. The van der Waals surface area contributed by atoms with Crippen LogP contribution in [0.3, 0.4) is 0 Å². The van der Waals surface area contributed by atoms with Gasteiger partial charge in [-0.2, -0.15) is 4.98 Å². The lowest BCUT2D eigenvalue weighted by Crippen LogP contribution is -2.13. The summed E-state index contributed by atoms with van der Waals surface area (Å²) in [6.07, 6.45) is 0. The maximum absolute atomic E-state index is 13.8. The molecular formula is C21H16FN3O4S. The van der Waals surface area contributed by atoms with Gasteiger partial charge in [0.15, 0.2) is 11.6 Å². The van der Waals surface area contributed by atoms with Gasteiger partial charge in [-0.05, 0) is 42.5 Å². The highest BCUT2D eigenvalue weighted by molar-refractivity contribution is 7.92. The molecule has 0 spiro atoms. The van der Waals surface area contributed by atoms with Crippen LogP contribution in [0.5, 0.6) is 5.75 Å². The van der Waals surface area contributed by atoms with Gasteiger partial charge in [-0.25, -0.2) is 12.8 Å². The number of nitrogens with one attached hydrogen (secondary N) is 1. The van der Waals surface area contributed by atoms with Crippen molar-refractivity contribution < 1.29 is 22.1 Å². The monoisotopic (exact) mass is 425 g/mol. The summed E-state index contributed by atoms with van der Waals surface area (Å²) in [7, 11) is -2.66. The highest BCUT2D eigenvalue weighted by Gasteiger charge is 2.17. The number of hydrogen-bond donors (Lipinski definition) is 1. The number of sulfonamides is 1. The molecule has 9 heteroatoms. The lowest BCUT2D eigenvalue weighted by molar-refractivity contribution is 0.385. The molecular weight excluding hydrogens is 409 g/mol. The van der Waals surface area contributed by atoms with Crippen LogP contribution in [0.1, 0.15) is 0 Å². The molecule has 1 N–H and O–H groups in total. The second-order valence-corrected chi connectivity index (χ2v) is 7.95. The quantitative estimate of drug-likeness (QED) is 0.494. The van der Waals surface area contributed by atoms with E-state index in [-0.39, 0.29) is 10.6 Å². The van der Waals surface area contributed by atoms with Gasteiger partial charge in [0.25, 0.3) is 15.9 Å². The molecule has 1 aromatic heterocycles. The van der Waals surface area contributed by atoms with Crippen molar-refractivity contribution in [1.29, 1.82) is 0 Å². The molecule has 4 rings (SSSR count). The largest absolute Gasteiger partial charge is 0.494 e. The molecule has 0 aliphatic rings. The summed E-state index contributed by atoms with van der Waals surface area (Å²) in [5.41, 5.74) is 1.75. The first-order chi connectivity index (χ1) is 14.5. The molecule has 0 bridgehead atoms. The molecule has 7 nitrogen and oxygen atoms in total. The number of methoxy groups -OCH3 is 1. The van der Waals surface area contributed by atoms with Gasteiger partial charge >= 0.3 is 0 Å². The molecule has 0 unspecified atom stereocenters. The topological polar surface area (TPSA) is 94.3 Å². The summed E-state index contributed by atoms with van der Waals surface area (Å²) in [6.45, 7) is 0. The fraction of sp³-hybridized carbons (Fsp3) is 0.0476. The van der Waals surface area contributed by atoms with E-state index in [0.717, 1.165) is 11.6 Å². The van der Waals surface area contributed by atoms with Gasteiger partial charge < -0.3 is 9.26 Å². The number of rotatable bonds is 6. The Labute approximate surface area is 172 Å². The molecule has 0 aliphatic carbocycles. The molecule has 0 amide bonds. The Morgan fingerprint density at radius 2 is 1.70 bits per heavy atom. The molecule has 30 heavy (non-hydrogen) atoms. The minimum Gasteiger partial charge on any atom is -0.494 e. The van der Waals surface area contributed by atoms with Crippen LogP contribution in [-0.4, -0.2) is 25.7 Å². The van der Waals surface area contributed by atoms with Crippen molar-refractivity contribution in [3.05, 3.63) is 78.6 Å². The van der Waals surface area contributed by atoms with Crippen LogP contribution in [0.4, 0.5) is 10.1 Å². The lowest BCUT2D eigenvalue weighted by atomic mass is 10.2. The highest BCUT2D eigenvalue weighted by Crippen LogP contribution is 2.25.